The monoisotopic (exact) mass is 533 g/mol. The molecule has 1 atom stereocenters. The lowest BCUT2D eigenvalue weighted by Crippen LogP contribution is -2.44. The summed E-state index contributed by atoms with van der Waals surface area (Å²) in [6.45, 7) is 6.54. The molecule has 6 nitrogen and oxygen atoms in total. The molecular weight excluding hydrogens is 505 g/mol. The first-order chi connectivity index (χ1) is 18.1. The Morgan fingerprint density at radius 3 is 2.42 bits per heavy atom. The number of amides is 2. The summed E-state index contributed by atoms with van der Waals surface area (Å²) in [7, 11) is 0. The molecule has 0 spiro atoms. The number of nitrogens with one attached hydrogen (secondary N) is 1. The van der Waals surface area contributed by atoms with Crippen molar-refractivity contribution in [2.75, 3.05) is 11.4 Å². The van der Waals surface area contributed by atoms with Gasteiger partial charge in [0.05, 0.1) is 0 Å². The molecule has 0 fully saturated rings. The van der Waals surface area contributed by atoms with Gasteiger partial charge in [0.1, 0.15) is 11.9 Å². The molecule has 0 radical (unpaired) electrons. The van der Waals surface area contributed by atoms with Crippen molar-refractivity contribution in [3.63, 3.8) is 0 Å². The summed E-state index contributed by atoms with van der Waals surface area (Å²) in [6.07, 6.45) is 3.57. The number of benzene rings is 2. The number of hydrogen-bond acceptors (Lipinski definition) is 4. The number of hydrogen-bond donors (Lipinski definition) is 1. The summed E-state index contributed by atoms with van der Waals surface area (Å²) in [4.78, 5) is 33.1. The largest absolute Gasteiger partial charge is 0.440 e. The van der Waals surface area contributed by atoms with E-state index in [1.165, 1.54) is 29.2 Å². The third-order valence-corrected chi connectivity index (χ3v) is 6.33. The van der Waals surface area contributed by atoms with Crippen molar-refractivity contribution in [2.24, 2.45) is 0 Å². The number of aromatic nitrogens is 1. The lowest BCUT2D eigenvalue weighted by Gasteiger charge is -2.31. The molecular formula is C30H29ClFN3O3. The summed E-state index contributed by atoms with van der Waals surface area (Å²) < 4.78 is 19.0. The Hall–Kier alpha value is -3.97. The minimum atomic E-state index is -1.06. The molecule has 2 heterocycles. The fraction of sp³-hybridized carbons (Fsp3) is 0.233. The molecule has 0 saturated carbocycles. The maximum Gasteiger partial charge on any atom is 0.295 e. The highest BCUT2D eigenvalue weighted by Gasteiger charge is 2.35. The van der Waals surface area contributed by atoms with Gasteiger partial charge in [-0.3, -0.25) is 19.5 Å². The zero-order valence-corrected chi connectivity index (χ0v) is 22.2. The topological polar surface area (TPSA) is 75.4 Å². The first-order valence-electron chi connectivity index (χ1n) is 12.2. The average Bonchev–Trinajstić information content (AvgIpc) is 3.33. The van der Waals surface area contributed by atoms with Gasteiger partial charge in [0, 0.05) is 30.2 Å². The van der Waals surface area contributed by atoms with E-state index in [-0.39, 0.29) is 28.8 Å². The van der Waals surface area contributed by atoms with Gasteiger partial charge in [0.2, 0.25) is 5.91 Å². The normalized spacial score (nSPS) is 12.1. The number of nitrogens with zero attached hydrogens (tertiary/aromatic N) is 2. The smallest absolute Gasteiger partial charge is 0.295 e. The molecule has 0 aliphatic carbocycles. The van der Waals surface area contributed by atoms with Crippen molar-refractivity contribution in [3.8, 4) is 0 Å². The van der Waals surface area contributed by atoms with Gasteiger partial charge in [-0.25, -0.2) is 4.39 Å². The second kappa shape index (κ2) is 11.6. The van der Waals surface area contributed by atoms with Crippen molar-refractivity contribution >= 4 is 29.1 Å². The molecule has 0 saturated heterocycles. The van der Waals surface area contributed by atoms with Crippen LogP contribution in [0, 0.1) is 5.82 Å². The van der Waals surface area contributed by atoms with Crippen LogP contribution in [0.1, 0.15) is 54.1 Å². The maximum absolute atomic E-state index is 13.8. The Kier molecular flexibility index (Phi) is 8.27. The summed E-state index contributed by atoms with van der Waals surface area (Å²) in [5, 5.41) is 2.97. The van der Waals surface area contributed by atoms with Gasteiger partial charge in [0.15, 0.2) is 11.0 Å². The van der Waals surface area contributed by atoms with E-state index in [1.54, 1.807) is 36.7 Å². The standard InChI is InChI=1S/C30H29ClFN3O3/c1-30(2,3)22-9-11-24(12-10-22)35(29(37)25-13-14-26(31)38-25)27(21-7-5-16-33-19-21)28(36)34-17-15-20-6-4-8-23(32)18-20/h4-14,16,18-19,27H,15,17H2,1-3H3,(H,34,36). The molecule has 4 rings (SSSR count). The fourth-order valence-corrected chi connectivity index (χ4v) is 4.27. The van der Waals surface area contributed by atoms with Crippen LogP contribution in [0.2, 0.25) is 5.22 Å². The van der Waals surface area contributed by atoms with Crippen LogP contribution in [0.15, 0.2) is 89.6 Å². The molecule has 2 aromatic carbocycles. The van der Waals surface area contributed by atoms with Crippen molar-refractivity contribution in [1.29, 1.82) is 0 Å². The lowest BCUT2D eigenvalue weighted by molar-refractivity contribution is -0.122. The predicted octanol–water partition coefficient (Wildman–Crippen LogP) is 6.51. The molecule has 4 aromatic rings. The van der Waals surface area contributed by atoms with Crippen LogP contribution in [0.4, 0.5) is 10.1 Å². The SMILES string of the molecule is CC(C)(C)c1ccc(N(C(=O)c2ccc(Cl)o2)C(C(=O)NCCc2cccc(F)c2)c2cccnc2)cc1. The van der Waals surface area contributed by atoms with Crippen molar-refractivity contribution in [1.82, 2.24) is 10.3 Å². The summed E-state index contributed by atoms with van der Waals surface area (Å²) in [6, 6.07) is 19.1. The van der Waals surface area contributed by atoms with Crippen LogP contribution >= 0.6 is 11.6 Å². The number of anilines is 1. The third-order valence-electron chi connectivity index (χ3n) is 6.12. The lowest BCUT2D eigenvalue weighted by atomic mass is 9.87. The molecule has 0 aliphatic rings. The highest BCUT2D eigenvalue weighted by atomic mass is 35.5. The Morgan fingerprint density at radius 1 is 1.05 bits per heavy atom. The molecule has 0 aliphatic heterocycles. The number of rotatable bonds is 8. The Labute approximate surface area is 226 Å². The summed E-state index contributed by atoms with van der Waals surface area (Å²) >= 11 is 5.97. The minimum Gasteiger partial charge on any atom is -0.440 e. The Morgan fingerprint density at radius 2 is 1.82 bits per heavy atom. The fourth-order valence-electron chi connectivity index (χ4n) is 4.13. The molecule has 2 amide bonds. The van der Waals surface area contributed by atoms with Gasteiger partial charge in [-0.1, -0.05) is 51.1 Å². The molecule has 1 N–H and O–H groups in total. The molecule has 1 unspecified atom stereocenters. The first kappa shape index (κ1) is 27.1. The van der Waals surface area contributed by atoms with Crippen LogP contribution in [0.25, 0.3) is 0 Å². The van der Waals surface area contributed by atoms with Gasteiger partial charge in [-0.05, 0) is 77.0 Å². The number of halogens is 2. The molecule has 2 aromatic heterocycles. The molecule has 38 heavy (non-hydrogen) atoms. The van der Waals surface area contributed by atoms with E-state index in [0.717, 1.165) is 11.1 Å². The molecule has 0 bridgehead atoms. The van der Waals surface area contributed by atoms with E-state index in [4.69, 9.17) is 16.0 Å². The Balaban J connectivity index is 1.71. The van der Waals surface area contributed by atoms with E-state index in [2.05, 4.69) is 31.1 Å². The van der Waals surface area contributed by atoms with Crippen LogP contribution < -0.4 is 10.2 Å². The minimum absolute atomic E-state index is 0.00338. The van der Waals surface area contributed by atoms with E-state index in [1.807, 2.05) is 24.3 Å². The van der Waals surface area contributed by atoms with Crippen molar-refractivity contribution in [3.05, 3.63) is 119 Å². The summed E-state index contributed by atoms with van der Waals surface area (Å²) in [5.74, 6) is -1.29. The van der Waals surface area contributed by atoms with Gasteiger partial charge >= 0.3 is 0 Å². The van der Waals surface area contributed by atoms with E-state index in [9.17, 15) is 14.0 Å². The summed E-state index contributed by atoms with van der Waals surface area (Å²) in [5.41, 5.74) is 2.75. The van der Waals surface area contributed by atoms with Crippen molar-refractivity contribution in [2.45, 2.75) is 38.6 Å². The number of pyridine rings is 1. The van der Waals surface area contributed by atoms with Crippen LogP contribution in [-0.4, -0.2) is 23.3 Å². The molecule has 196 valence electrons. The van der Waals surface area contributed by atoms with E-state index < -0.39 is 17.9 Å². The van der Waals surface area contributed by atoms with Gasteiger partial charge in [-0.2, -0.15) is 0 Å². The number of carbonyl (C=O) groups is 2. The number of furan rings is 1. The zero-order chi connectivity index (χ0) is 27.3. The van der Waals surface area contributed by atoms with Crippen molar-refractivity contribution < 1.29 is 18.4 Å². The van der Waals surface area contributed by atoms with E-state index in [0.29, 0.717) is 17.7 Å². The van der Waals surface area contributed by atoms with Gasteiger partial charge < -0.3 is 9.73 Å². The second-order valence-electron chi connectivity index (χ2n) is 9.94. The highest BCUT2D eigenvalue weighted by molar-refractivity contribution is 6.29. The van der Waals surface area contributed by atoms with Gasteiger partial charge in [-0.15, -0.1) is 0 Å². The maximum atomic E-state index is 13.8. The molecule has 8 heteroatoms. The van der Waals surface area contributed by atoms with Crippen LogP contribution in [0.5, 0.6) is 0 Å². The quantitative estimate of drug-likeness (QED) is 0.280. The highest BCUT2D eigenvalue weighted by Crippen LogP contribution is 2.32. The third kappa shape index (κ3) is 6.47. The first-order valence-corrected chi connectivity index (χ1v) is 12.6. The van der Waals surface area contributed by atoms with Crippen LogP contribution in [-0.2, 0) is 16.6 Å². The van der Waals surface area contributed by atoms with Gasteiger partial charge in [0.25, 0.3) is 5.91 Å². The second-order valence-corrected chi connectivity index (χ2v) is 10.3. The Bertz CT molecular complexity index is 1400. The average molecular weight is 534 g/mol. The number of carbonyl (C=O) groups excluding carboxylic acids is 2. The van der Waals surface area contributed by atoms with Crippen LogP contribution in [0.3, 0.4) is 0 Å². The van der Waals surface area contributed by atoms with E-state index >= 15 is 0 Å². The zero-order valence-electron chi connectivity index (χ0n) is 21.4. The predicted molar refractivity (Wildman–Crippen MR) is 146 cm³/mol.